The zero-order valence-electron chi connectivity index (χ0n) is 13.8. The molecule has 0 aliphatic rings. The van der Waals surface area contributed by atoms with Gasteiger partial charge in [-0.3, -0.25) is 0 Å². The van der Waals surface area contributed by atoms with Crippen LogP contribution < -0.4 is 5.32 Å². The molecule has 0 unspecified atom stereocenters. The summed E-state index contributed by atoms with van der Waals surface area (Å²) in [6, 6.07) is 6.72. The van der Waals surface area contributed by atoms with Crippen LogP contribution in [0.2, 0.25) is 0 Å². The molecule has 0 spiro atoms. The Morgan fingerprint density at radius 3 is 2.52 bits per heavy atom. The summed E-state index contributed by atoms with van der Waals surface area (Å²) in [6.07, 6.45) is 0. The molecule has 1 aromatic carbocycles. The molecule has 0 fully saturated rings. The molecule has 0 amide bonds. The first-order valence-corrected chi connectivity index (χ1v) is 9.68. The molecule has 0 bridgehead atoms. The second kappa shape index (κ2) is 10.7. The van der Waals surface area contributed by atoms with Gasteiger partial charge in [0.25, 0.3) is 0 Å². The van der Waals surface area contributed by atoms with Crippen LogP contribution >= 0.6 is 27.7 Å². The van der Waals surface area contributed by atoms with Crippen LogP contribution in [-0.2, 0) is 6.54 Å². The number of hydrogen-bond donors (Lipinski definition) is 1. The number of halogens is 1. The van der Waals surface area contributed by atoms with Gasteiger partial charge in [-0.05, 0) is 43.2 Å². The number of rotatable bonds is 10. The third kappa shape index (κ3) is 7.68. The smallest absolute Gasteiger partial charge is 0.0231 e. The van der Waals surface area contributed by atoms with Gasteiger partial charge in [0.15, 0.2) is 0 Å². The minimum Gasteiger partial charge on any atom is -0.312 e. The van der Waals surface area contributed by atoms with E-state index >= 15 is 0 Å². The molecular weight excluding hydrogens is 344 g/mol. The maximum Gasteiger partial charge on any atom is 0.0231 e. The Morgan fingerprint density at radius 1 is 1.24 bits per heavy atom. The van der Waals surface area contributed by atoms with Gasteiger partial charge < -0.3 is 10.2 Å². The summed E-state index contributed by atoms with van der Waals surface area (Å²) in [7, 11) is 0. The maximum absolute atomic E-state index is 3.70. The van der Waals surface area contributed by atoms with Crippen LogP contribution in [0.4, 0.5) is 0 Å². The molecule has 0 aromatic heterocycles. The summed E-state index contributed by atoms with van der Waals surface area (Å²) in [6.45, 7) is 14.4. The second-order valence-corrected chi connectivity index (χ2v) is 7.68. The summed E-state index contributed by atoms with van der Waals surface area (Å²) in [5.41, 5.74) is 1.34. The number of benzene rings is 1. The Balaban J connectivity index is 2.42. The van der Waals surface area contributed by atoms with Gasteiger partial charge in [-0.15, -0.1) is 11.8 Å². The van der Waals surface area contributed by atoms with Gasteiger partial charge in [-0.25, -0.2) is 0 Å². The van der Waals surface area contributed by atoms with E-state index in [2.05, 4.69) is 72.0 Å². The highest BCUT2D eigenvalue weighted by Crippen LogP contribution is 2.25. The lowest BCUT2D eigenvalue weighted by Gasteiger charge is -2.17. The summed E-state index contributed by atoms with van der Waals surface area (Å²) < 4.78 is 1.21. The Kier molecular flexibility index (Phi) is 9.65. The molecule has 0 saturated carbocycles. The van der Waals surface area contributed by atoms with Crippen molar-refractivity contribution in [3.05, 3.63) is 28.2 Å². The average Bonchev–Trinajstić information content (AvgIpc) is 2.45. The quantitative estimate of drug-likeness (QED) is 0.602. The first kappa shape index (κ1) is 19.0. The summed E-state index contributed by atoms with van der Waals surface area (Å²) in [5.74, 6) is 1.85. The van der Waals surface area contributed by atoms with E-state index in [0.29, 0.717) is 5.92 Å². The third-order valence-electron chi connectivity index (χ3n) is 3.46. The number of nitrogens with zero attached hydrogens (tertiary/aromatic N) is 1. The Labute approximate surface area is 143 Å². The number of hydrogen-bond acceptors (Lipinski definition) is 3. The third-order valence-corrected chi connectivity index (χ3v) is 5.18. The molecule has 21 heavy (non-hydrogen) atoms. The fraction of sp³-hybridized carbons (Fsp3) is 0.647. The van der Waals surface area contributed by atoms with Gasteiger partial charge in [0.1, 0.15) is 0 Å². The summed E-state index contributed by atoms with van der Waals surface area (Å²) in [5, 5.41) is 3.49. The predicted octanol–water partition coefficient (Wildman–Crippen LogP) is 4.63. The molecule has 0 aliphatic carbocycles. The van der Waals surface area contributed by atoms with Gasteiger partial charge >= 0.3 is 0 Å². The molecule has 1 N–H and O–H groups in total. The predicted molar refractivity (Wildman–Crippen MR) is 99.2 cm³/mol. The fourth-order valence-electron chi connectivity index (χ4n) is 2.09. The zero-order chi connectivity index (χ0) is 15.7. The minimum absolute atomic E-state index is 0.693. The average molecular weight is 373 g/mol. The van der Waals surface area contributed by atoms with Crippen molar-refractivity contribution in [1.29, 1.82) is 0 Å². The Bertz CT molecular complexity index is 406. The molecule has 1 rings (SSSR count). The number of nitrogens with one attached hydrogen (secondary N) is 1. The van der Waals surface area contributed by atoms with Gasteiger partial charge in [0, 0.05) is 28.2 Å². The standard InChI is InChI=1S/C17H29BrN2S/c1-5-20(6-2)9-10-21-16-8-7-15(17(18)11-16)13-19-12-14(3)4/h7-8,11,14,19H,5-6,9-10,12-13H2,1-4H3. The van der Waals surface area contributed by atoms with E-state index in [-0.39, 0.29) is 0 Å². The van der Waals surface area contributed by atoms with E-state index in [0.717, 1.165) is 38.5 Å². The van der Waals surface area contributed by atoms with E-state index in [1.54, 1.807) is 0 Å². The largest absolute Gasteiger partial charge is 0.312 e. The molecule has 0 saturated heterocycles. The molecule has 1 aromatic rings. The molecule has 0 atom stereocenters. The molecule has 0 aliphatic heterocycles. The van der Waals surface area contributed by atoms with E-state index < -0.39 is 0 Å². The van der Waals surface area contributed by atoms with Crippen molar-refractivity contribution in [3.8, 4) is 0 Å². The van der Waals surface area contributed by atoms with Crippen LogP contribution in [0.5, 0.6) is 0 Å². The first-order chi connectivity index (χ1) is 10.1. The lowest BCUT2D eigenvalue weighted by Crippen LogP contribution is -2.25. The van der Waals surface area contributed by atoms with Crippen LogP contribution in [0.25, 0.3) is 0 Å². The molecule has 0 radical (unpaired) electrons. The molecular formula is C17H29BrN2S. The highest BCUT2D eigenvalue weighted by atomic mass is 79.9. The molecule has 0 heterocycles. The zero-order valence-corrected chi connectivity index (χ0v) is 16.2. The van der Waals surface area contributed by atoms with E-state index in [9.17, 15) is 0 Å². The van der Waals surface area contributed by atoms with E-state index in [4.69, 9.17) is 0 Å². The molecule has 2 nitrogen and oxygen atoms in total. The van der Waals surface area contributed by atoms with Crippen LogP contribution in [0.3, 0.4) is 0 Å². The highest BCUT2D eigenvalue weighted by Gasteiger charge is 2.04. The first-order valence-electron chi connectivity index (χ1n) is 7.91. The second-order valence-electron chi connectivity index (χ2n) is 5.65. The van der Waals surface area contributed by atoms with Gasteiger partial charge in [0.2, 0.25) is 0 Å². The molecule has 120 valence electrons. The summed E-state index contributed by atoms with van der Waals surface area (Å²) in [4.78, 5) is 3.81. The van der Waals surface area contributed by atoms with Crippen LogP contribution in [-0.4, -0.2) is 36.8 Å². The van der Waals surface area contributed by atoms with Crippen molar-refractivity contribution in [3.63, 3.8) is 0 Å². The van der Waals surface area contributed by atoms with E-state index in [1.165, 1.54) is 14.9 Å². The van der Waals surface area contributed by atoms with Crippen LogP contribution in [0, 0.1) is 5.92 Å². The van der Waals surface area contributed by atoms with Gasteiger partial charge in [0.05, 0.1) is 0 Å². The maximum atomic E-state index is 3.70. The van der Waals surface area contributed by atoms with Crippen molar-refractivity contribution >= 4 is 27.7 Å². The topological polar surface area (TPSA) is 15.3 Å². The highest BCUT2D eigenvalue weighted by molar-refractivity contribution is 9.10. The monoisotopic (exact) mass is 372 g/mol. The lowest BCUT2D eigenvalue weighted by atomic mass is 10.2. The summed E-state index contributed by atoms with van der Waals surface area (Å²) >= 11 is 5.64. The van der Waals surface area contributed by atoms with Crippen molar-refractivity contribution < 1.29 is 0 Å². The van der Waals surface area contributed by atoms with Crippen LogP contribution in [0.1, 0.15) is 33.3 Å². The van der Waals surface area contributed by atoms with Gasteiger partial charge in [-0.2, -0.15) is 0 Å². The van der Waals surface area contributed by atoms with Crippen molar-refractivity contribution in [2.75, 3.05) is 31.9 Å². The fourth-order valence-corrected chi connectivity index (χ4v) is 3.71. The van der Waals surface area contributed by atoms with Crippen molar-refractivity contribution in [1.82, 2.24) is 10.2 Å². The van der Waals surface area contributed by atoms with Crippen molar-refractivity contribution in [2.45, 2.75) is 39.1 Å². The normalized spacial score (nSPS) is 11.6. The van der Waals surface area contributed by atoms with Gasteiger partial charge in [-0.1, -0.05) is 49.7 Å². The van der Waals surface area contributed by atoms with Crippen molar-refractivity contribution in [2.24, 2.45) is 5.92 Å². The SMILES string of the molecule is CCN(CC)CCSc1ccc(CNCC(C)C)c(Br)c1. The number of thioether (sulfide) groups is 1. The minimum atomic E-state index is 0.693. The Morgan fingerprint density at radius 2 is 1.95 bits per heavy atom. The van der Waals surface area contributed by atoms with E-state index in [1.807, 2.05) is 11.8 Å². The Hall–Kier alpha value is -0.0300. The van der Waals surface area contributed by atoms with Crippen LogP contribution in [0.15, 0.2) is 27.6 Å². The lowest BCUT2D eigenvalue weighted by molar-refractivity contribution is 0.324. The molecule has 4 heteroatoms.